The Morgan fingerprint density at radius 2 is 2.24 bits per heavy atom. The quantitative estimate of drug-likeness (QED) is 0.716. The van der Waals surface area contributed by atoms with Gasteiger partial charge in [-0.2, -0.15) is 4.98 Å². The van der Waals surface area contributed by atoms with E-state index in [4.69, 9.17) is 13.9 Å². The van der Waals surface area contributed by atoms with Crippen LogP contribution in [-0.2, 0) is 17.9 Å². The highest BCUT2D eigenvalue weighted by atomic mass is 16.5. The Morgan fingerprint density at radius 1 is 1.33 bits per heavy atom. The lowest BCUT2D eigenvalue weighted by Gasteiger charge is -2.10. The standard InChI is InChI=1S/C15H21N3O3/c1-3-4-7-21-15-9-13(17-14(18-15)11-19-2)16-10-12-6-5-8-20-12/h5-6,8-9H,3-4,7,10-11H2,1-2H3,(H,16,17,18). The summed E-state index contributed by atoms with van der Waals surface area (Å²) in [7, 11) is 1.62. The molecule has 2 aromatic rings. The number of aromatic nitrogens is 2. The molecule has 0 aromatic carbocycles. The maximum absolute atomic E-state index is 5.64. The number of anilines is 1. The number of furan rings is 1. The van der Waals surface area contributed by atoms with Crippen LogP contribution in [0.4, 0.5) is 5.82 Å². The average molecular weight is 291 g/mol. The molecule has 0 unspecified atom stereocenters. The monoisotopic (exact) mass is 291 g/mol. The van der Waals surface area contributed by atoms with Crippen molar-refractivity contribution in [3.63, 3.8) is 0 Å². The zero-order chi connectivity index (χ0) is 14.9. The van der Waals surface area contributed by atoms with Crippen molar-refractivity contribution < 1.29 is 13.9 Å². The van der Waals surface area contributed by atoms with Gasteiger partial charge < -0.3 is 19.2 Å². The summed E-state index contributed by atoms with van der Waals surface area (Å²) in [6.07, 6.45) is 3.73. The second-order valence-corrected chi connectivity index (χ2v) is 4.58. The molecule has 2 aromatic heterocycles. The lowest BCUT2D eigenvalue weighted by Crippen LogP contribution is -2.07. The van der Waals surface area contributed by atoms with Gasteiger partial charge in [0.2, 0.25) is 5.88 Å². The van der Waals surface area contributed by atoms with Gasteiger partial charge in [-0.3, -0.25) is 0 Å². The van der Waals surface area contributed by atoms with Crippen molar-refractivity contribution in [1.29, 1.82) is 0 Å². The maximum Gasteiger partial charge on any atom is 0.218 e. The van der Waals surface area contributed by atoms with Crippen LogP contribution in [0.5, 0.6) is 5.88 Å². The van der Waals surface area contributed by atoms with Gasteiger partial charge in [0.05, 0.1) is 19.4 Å². The van der Waals surface area contributed by atoms with E-state index in [2.05, 4.69) is 22.2 Å². The van der Waals surface area contributed by atoms with E-state index >= 15 is 0 Å². The highest BCUT2D eigenvalue weighted by Gasteiger charge is 2.06. The molecule has 0 saturated carbocycles. The number of methoxy groups -OCH3 is 1. The van der Waals surface area contributed by atoms with Gasteiger partial charge in [-0.15, -0.1) is 0 Å². The predicted octanol–water partition coefficient (Wildman–Crippen LogP) is 3.01. The molecule has 0 amide bonds. The number of unbranched alkanes of at least 4 members (excludes halogenated alkanes) is 1. The molecule has 0 atom stereocenters. The predicted molar refractivity (Wildman–Crippen MR) is 79.2 cm³/mol. The van der Waals surface area contributed by atoms with Crippen LogP contribution in [0.1, 0.15) is 31.4 Å². The fourth-order valence-corrected chi connectivity index (χ4v) is 1.74. The number of hydrogen-bond acceptors (Lipinski definition) is 6. The van der Waals surface area contributed by atoms with Gasteiger partial charge in [-0.1, -0.05) is 13.3 Å². The molecule has 21 heavy (non-hydrogen) atoms. The summed E-state index contributed by atoms with van der Waals surface area (Å²) in [5.41, 5.74) is 0. The van der Waals surface area contributed by atoms with Crippen LogP contribution in [-0.4, -0.2) is 23.7 Å². The Labute approximate surface area is 124 Å². The number of ether oxygens (including phenoxy) is 2. The van der Waals surface area contributed by atoms with E-state index in [1.165, 1.54) is 0 Å². The molecule has 2 heterocycles. The third kappa shape index (κ3) is 5.07. The van der Waals surface area contributed by atoms with Gasteiger partial charge in [-0.25, -0.2) is 4.98 Å². The van der Waals surface area contributed by atoms with E-state index in [9.17, 15) is 0 Å². The molecule has 1 N–H and O–H groups in total. The minimum atomic E-state index is 0.348. The van der Waals surface area contributed by atoms with Crippen LogP contribution in [0.3, 0.4) is 0 Å². The molecular formula is C15H21N3O3. The molecule has 2 rings (SSSR count). The minimum absolute atomic E-state index is 0.348. The largest absolute Gasteiger partial charge is 0.478 e. The van der Waals surface area contributed by atoms with E-state index in [1.807, 2.05) is 12.1 Å². The van der Waals surface area contributed by atoms with Crippen molar-refractivity contribution in [2.45, 2.75) is 32.9 Å². The summed E-state index contributed by atoms with van der Waals surface area (Å²) in [6, 6.07) is 5.55. The lowest BCUT2D eigenvalue weighted by atomic mass is 10.4. The summed E-state index contributed by atoms with van der Waals surface area (Å²) >= 11 is 0. The number of rotatable bonds is 9. The molecule has 0 aliphatic carbocycles. The summed E-state index contributed by atoms with van der Waals surface area (Å²) < 4.78 is 16.0. The fourth-order valence-electron chi connectivity index (χ4n) is 1.74. The molecule has 6 heteroatoms. The average Bonchev–Trinajstić information content (AvgIpc) is 2.99. The molecule has 6 nitrogen and oxygen atoms in total. The molecule has 0 radical (unpaired) electrons. The molecule has 0 aliphatic heterocycles. The van der Waals surface area contributed by atoms with E-state index < -0.39 is 0 Å². The van der Waals surface area contributed by atoms with Crippen LogP contribution in [0, 0.1) is 0 Å². The van der Waals surface area contributed by atoms with E-state index in [0.29, 0.717) is 37.3 Å². The molecule has 114 valence electrons. The first-order chi connectivity index (χ1) is 10.3. The minimum Gasteiger partial charge on any atom is -0.478 e. The van der Waals surface area contributed by atoms with Gasteiger partial charge in [-0.05, 0) is 18.6 Å². The number of hydrogen-bond donors (Lipinski definition) is 1. The SMILES string of the molecule is CCCCOc1cc(NCc2ccco2)nc(COC)n1. The zero-order valence-corrected chi connectivity index (χ0v) is 12.5. The number of nitrogens with one attached hydrogen (secondary N) is 1. The van der Waals surface area contributed by atoms with Crippen molar-refractivity contribution in [2.24, 2.45) is 0 Å². The molecule has 0 fully saturated rings. The van der Waals surface area contributed by atoms with Crippen LogP contribution in [0.15, 0.2) is 28.9 Å². The molecule has 0 aliphatic rings. The zero-order valence-electron chi connectivity index (χ0n) is 12.5. The molecule has 0 spiro atoms. The highest BCUT2D eigenvalue weighted by molar-refractivity contribution is 5.38. The first kappa shape index (κ1) is 15.3. The van der Waals surface area contributed by atoms with Crippen LogP contribution >= 0.6 is 0 Å². The first-order valence-electron chi connectivity index (χ1n) is 7.07. The van der Waals surface area contributed by atoms with Crippen molar-refractivity contribution in [3.8, 4) is 5.88 Å². The van der Waals surface area contributed by atoms with Crippen molar-refractivity contribution in [1.82, 2.24) is 9.97 Å². The third-order valence-corrected chi connectivity index (χ3v) is 2.79. The molecule has 0 saturated heterocycles. The lowest BCUT2D eigenvalue weighted by molar-refractivity contribution is 0.176. The van der Waals surface area contributed by atoms with E-state index in [1.54, 1.807) is 19.4 Å². The van der Waals surface area contributed by atoms with Gasteiger partial charge in [0.15, 0.2) is 5.82 Å². The van der Waals surface area contributed by atoms with Crippen molar-refractivity contribution in [3.05, 3.63) is 36.0 Å². The summed E-state index contributed by atoms with van der Waals surface area (Å²) in [5.74, 6) is 2.69. The van der Waals surface area contributed by atoms with E-state index in [-0.39, 0.29) is 0 Å². The smallest absolute Gasteiger partial charge is 0.218 e. The molecule has 0 bridgehead atoms. The number of nitrogens with zero attached hydrogens (tertiary/aromatic N) is 2. The summed E-state index contributed by atoms with van der Waals surface area (Å²) in [4.78, 5) is 8.70. The van der Waals surface area contributed by atoms with Crippen molar-refractivity contribution >= 4 is 5.82 Å². The van der Waals surface area contributed by atoms with Crippen LogP contribution in [0.25, 0.3) is 0 Å². The molecular weight excluding hydrogens is 270 g/mol. The van der Waals surface area contributed by atoms with Gasteiger partial charge in [0, 0.05) is 13.2 Å². The Balaban J connectivity index is 2.03. The van der Waals surface area contributed by atoms with Crippen molar-refractivity contribution in [2.75, 3.05) is 19.0 Å². The Morgan fingerprint density at radius 3 is 2.95 bits per heavy atom. The Bertz CT molecular complexity index is 529. The second kappa shape index (κ2) is 8.26. The Hall–Kier alpha value is -2.08. The topological polar surface area (TPSA) is 69.4 Å². The second-order valence-electron chi connectivity index (χ2n) is 4.58. The maximum atomic E-state index is 5.64. The van der Waals surface area contributed by atoms with Gasteiger partial charge in [0.25, 0.3) is 0 Å². The van der Waals surface area contributed by atoms with Gasteiger partial charge in [0.1, 0.15) is 18.2 Å². The van der Waals surface area contributed by atoms with Crippen LogP contribution in [0.2, 0.25) is 0 Å². The summed E-state index contributed by atoms with van der Waals surface area (Å²) in [5, 5.41) is 3.20. The first-order valence-corrected chi connectivity index (χ1v) is 7.07. The highest BCUT2D eigenvalue weighted by Crippen LogP contribution is 2.15. The van der Waals surface area contributed by atoms with Gasteiger partial charge >= 0.3 is 0 Å². The fraction of sp³-hybridized carbons (Fsp3) is 0.467. The summed E-state index contributed by atoms with van der Waals surface area (Å²) in [6.45, 7) is 3.68. The normalized spacial score (nSPS) is 10.6. The Kier molecular flexibility index (Phi) is 6.02. The van der Waals surface area contributed by atoms with Crippen LogP contribution < -0.4 is 10.1 Å². The van der Waals surface area contributed by atoms with E-state index in [0.717, 1.165) is 18.6 Å². The third-order valence-electron chi connectivity index (χ3n) is 2.79.